The molecule has 1 amide bonds. The van der Waals surface area contributed by atoms with E-state index in [1.807, 2.05) is 90.7 Å². The molecule has 0 unspecified atom stereocenters. The molecule has 1 aliphatic heterocycles. The summed E-state index contributed by atoms with van der Waals surface area (Å²) >= 11 is 0. The minimum atomic E-state index is -0.0666. The molecule has 36 heavy (non-hydrogen) atoms. The van der Waals surface area contributed by atoms with Gasteiger partial charge in [-0.1, -0.05) is 54.6 Å². The van der Waals surface area contributed by atoms with Gasteiger partial charge in [0.05, 0.1) is 12.9 Å². The van der Waals surface area contributed by atoms with Gasteiger partial charge in [-0.2, -0.15) is 0 Å². The van der Waals surface area contributed by atoms with E-state index in [2.05, 4.69) is 10.3 Å². The molecule has 0 bridgehead atoms. The minimum Gasteiger partial charge on any atom is -0.457 e. The minimum absolute atomic E-state index is 0. The normalized spacial score (nSPS) is 12.1. The standard InChI is InChI=1S/C29H29N3O3.ClH/c1-21-8-6-9-22(19-34-17-7-15-32-16-14-30-20-32)29(21)31-28(33)18-25-23-10-2-4-12-26(23)35-27-13-5-3-11-24(25)27;/h2-6,8-14,16,20,25H,7,15,17-19H2,1H3,(H,31,33);1H. The van der Waals surface area contributed by atoms with Crippen LogP contribution in [-0.4, -0.2) is 22.1 Å². The van der Waals surface area contributed by atoms with Crippen LogP contribution in [-0.2, 0) is 22.7 Å². The fourth-order valence-electron chi connectivity index (χ4n) is 4.58. The van der Waals surface area contributed by atoms with Gasteiger partial charge < -0.3 is 19.4 Å². The average molecular weight is 504 g/mol. The third kappa shape index (κ3) is 5.78. The predicted molar refractivity (Wildman–Crippen MR) is 143 cm³/mol. The maximum Gasteiger partial charge on any atom is 0.225 e. The first-order valence-electron chi connectivity index (χ1n) is 12.0. The summed E-state index contributed by atoms with van der Waals surface area (Å²) in [5.41, 5.74) is 4.90. The number of anilines is 1. The van der Waals surface area contributed by atoms with Crippen molar-refractivity contribution in [3.8, 4) is 11.5 Å². The highest BCUT2D eigenvalue weighted by molar-refractivity contribution is 5.93. The van der Waals surface area contributed by atoms with Crippen molar-refractivity contribution in [3.05, 3.63) is 108 Å². The van der Waals surface area contributed by atoms with Gasteiger partial charge >= 0.3 is 0 Å². The Kier molecular flexibility index (Phi) is 8.41. The number of aryl methyl sites for hydroxylation is 2. The Morgan fingerprint density at radius 1 is 1.03 bits per heavy atom. The molecule has 0 fully saturated rings. The van der Waals surface area contributed by atoms with Crippen LogP contribution in [0.3, 0.4) is 0 Å². The number of amides is 1. The van der Waals surface area contributed by atoms with Crippen LogP contribution in [0.2, 0.25) is 0 Å². The van der Waals surface area contributed by atoms with Crippen molar-refractivity contribution in [3.63, 3.8) is 0 Å². The first-order chi connectivity index (χ1) is 17.2. The number of carbonyl (C=O) groups is 1. The number of para-hydroxylation sites is 3. The van der Waals surface area contributed by atoms with E-state index >= 15 is 0 Å². The first kappa shape index (κ1) is 25.5. The molecule has 3 aromatic carbocycles. The van der Waals surface area contributed by atoms with Crippen molar-refractivity contribution in [1.82, 2.24) is 9.55 Å². The average Bonchev–Trinajstić information content (AvgIpc) is 3.39. The highest BCUT2D eigenvalue weighted by Crippen LogP contribution is 2.45. The number of benzene rings is 3. The van der Waals surface area contributed by atoms with E-state index < -0.39 is 0 Å². The van der Waals surface area contributed by atoms with Crippen LogP contribution in [0, 0.1) is 6.92 Å². The predicted octanol–water partition coefficient (Wildman–Crippen LogP) is 6.49. The molecule has 0 aliphatic carbocycles. The second-order valence-electron chi connectivity index (χ2n) is 8.80. The maximum absolute atomic E-state index is 13.3. The van der Waals surface area contributed by atoms with Crippen molar-refractivity contribution in [1.29, 1.82) is 0 Å². The van der Waals surface area contributed by atoms with Crippen LogP contribution in [0.15, 0.2) is 85.5 Å². The Morgan fingerprint density at radius 2 is 1.75 bits per heavy atom. The summed E-state index contributed by atoms with van der Waals surface area (Å²) in [6.07, 6.45) is 6.76. The fourth-order valence-corrected chi connectivity index (χ4v) is 4.58. The second-order valence-corrected chi connectivity index (χ2v) is 8.80. The summed E-state index contributed by atoms with van der Waals surface area (Å²) in [5.74, 6) is 1.52. The van der Waals surface area contributed by atoms with Gasteiger partial charge in [0.15, 0.2) is 0 Å². The van der Waals surface area contributed by atoms with Crippen molar-refractivity contribution < 1.29 is 14.3 Å². The number of nitrogens with one attached hydrogen (secondary N) is 1. The van der Waals surface area contributed by atoms with Crippen LogP contribution >= 0.6 is 12.4 Å². The van der Waals surface area contributed by atoms with Gasteiger partial charge in [-0.25, -0.2) is 4.98 Å². The molecule has 1 aromatic heterocycles. The van der Waals surface area contributed by atoms with Gasteiger partial charge in [-0.15, -0.1) is 12.4 Å². The lowest BCUT2D eigenvalue weighted by atomic mass is 9.85. The van der Waals surface area contributed by atoms with E-state index in [9.17, 15) is 4.79 Å². The number of ether oxygens (including phenoxy) is 2. The third-order valence-electron chi connectivity index (χ3n) is 6.34. The van der Waals surface area contributed by atoms with E-state index in [0.717, 1.165) is 52.4 Å². The van der Waals surface area contributed by atoms with Crippen molar-refractivity contribution in [2.24, 2.45) is 0 Å². The Bertz CT molecular complexity index is 1260. The second kappa shape index (κ2) is 11.9. The van der Waals surface area contributed by atoms with Crippen LogP contribution in [0.4, 0.5) is 5.69 Å². The van der Waals surface area contributed by atoms with E-state index in [1.54, 1.807) is 6.20 Å². The van der Waals surface area contributed by atoms with Gasteiger partial charge in [0, 0.05) is 60.3 Å². The molecule has 0 atom stereocenters. The molecule has 186 valence electrons. The number of hydrogen-bond acceptors (Lipinski definition) is 4. The summed E-state index contributed by atoms with van der Waals surface area (Å²) in [7, 11) is 0. The molecule has 0 spiro atoms. The quantitative estimate of drug-likeness (QED) is 0.265. The van der Waals surface area contributed by atoms with Crippen molar-refractivity contribution in [2.75, 3.05) is 11.9 Å². The van der Waals surface area contributed by atoms with Gasteiger partial charge in [-0.05, 0) is 31.0 Å². The fraction of sp³-hybridized carbons (Fsp3) is 0.241. The summed E-state index contributed by atoms with van der Waals surface area (Å²) in [5, 5.41) is 3.18. The zero-order valence-electron chi connectivity index (χ0n) is 20.2. The molecule has 7 heteroatoms. The molecule has 2 heterocycles. The molecule has 5 rings (SSSR count). The monoisotopic (exact) mass is 503 g/mol. The SMILES string of the molecule is Cc1cccc(COCCCn2ccnc2)c1NC(=O)CC1c2ccccc2Oc2ccccc21.Cl. The number of aromatic nitrogens is 2. The molecule has 0 saturated heterocycles. The molecule has 1 N–H and O–H groups in total. The molecule has 0 radical (unpaired) electrons. The summed E-state index contributed by atoms with van der Waals surface area (Å²) in [4.78, 5) is 17.4. The Balaban J connectivity index is 0.00000304. The topological polar surface area (TPSA) is 65.4 Å². The van der Waals surface area contributed by atoms with Gasteiger partial charge in [0.25, 0.3) is 0 Å². The molecular weight excluding hydrogens is 474 g/mol. The number of fused-ring (bicyclic) bond motifs is 2. The molecule has 0 saturated carbocycles. The Hall–Kier alpha value is -3.61. The van der Waals surface area contributed by atoms with Crippen molar-refractivity contribution >= 4 is 24.0 Å². The van der Waals surface area contributed by atoms with Crippen LogP contribution in [0.25, 0.3) is 0 Å². The lowest BCUT2D eigenvalue weighted by Gasteiger charge is -2.28. The summed E-state index contributed by atoms with van der Waals surface area (Å²) in [6.45, 7) is 3.96. The van der Waals surface area contributed by atoms with Gasteiger partial charge in [-0.3, -0.25) is 4.79 Å². The Morgan fingerprint density at radius 3 is 2.44 bits per heavy atom. The van der Waals surface area contributed by atoms with Crippen LogP contribution < -0.4 is 10.1 Å². The smallest absolute Gasteiger partial charge is 0.225 e. The highest BCUT2D eigenvalue weighted by atomic mass is 35.5. The van der Waals surface area contributed by atoms with Gasteiger partial charge in [0.1, 0.15) is 11.5 Å². The zero-order chi connectivity index (χ0) is 24.0. The van der Waals surface area contributed by atoms with Crippen LogP contribution in [0.1, 0.15) is 41.0 Å². The number of rotatable bonds is 9. The van der Waals surface area contributed by atoms with E-state index in [1.165, 1.54) is 0 Å². The van der Waals surface area contributed by atoms with E-state index in [0.29, 0.717) is 19.6 Å². The van der Waals surface area contributed by atoms with Crippen molar-refractivity contribution in [2.45, 2.75) is 38.8 Å². The van der Waals surface area contributed by atoms with Crippen LogP contribution in [0.5, 0.6) is 11.5 Å². The first-order valence-corrected chi connectivity index (χ1v) is 12.0. The maximum atomic E-state index is 13.3. The summed E-state index contributed by atoms with van der Waals surface area (Å²) in [6, 6.07) is 21.9. The number of hydrogen-bond donors (Lipinski definition) is 1. The highest BCUT2D eigenvalue weighted by Gasteiger charge is 2.29. The lowest BCUT2D eigenvalue weighted by molar-refractivity contribution is -0.116. The summed E-state index contributed by atoms with van der Waals surface area (Å²) < 4.78 is 14.1. The molecule has 1 aliphatic rings. The molecule has 4 aromatic rings. The van der Waals surface area contributed by atoms with E-state index in [-0.39, 0.29) is 24.2 Å². The largest absolute Gasteiger partial charge is 0.457 e. The lowest BCUT2D eigenvalue weighted by Crippen LogP contribution is -2.20. The number of halogens is 1. The third-order valence-corrected chi connectivity index (χ3v) is 6.34. The molecule has 6 nitrogen and oxygen atoms in total. The number of nitrogens with zero attached hydrogens (tertiary/aromatic N) is 2. The Labute approximate surface area is 217 Å². The van der Waals surface area contributed by atoms with Gasteiger partial charge in [0.2, 0.25) is 5.91 Å². The number of imidazole rings is 1. The van der Waals surface area contributed by atoms with E-state index in [4.69, 9.17) is 9.47 Å². The molecular formula is C29H30ClN3O3. The number of carbonyl (C=O) groups excluding carboxylic acids is 1. The zero-order valence-corrected chi connectivity index (χ0v) is 21.0.